The summed E-state index contributed by atoms with van der Waals surface area (Å²) in [6.45, 7) is 1.40. The molecule has 2 aromatic heterocycles. The van der Waals surface area contributed by atoms with Crippen molar-refractivity contribution in [2.75, 3.05) is 20.2 Å². The highest BCUT2D eigenvalue weighted by atomic mass is 16.5. The van der Waals surface area contributed by atoms with E-state index < -0.39 is 0 Å². The minimum atomic E-state index is 0.00559. The fraction of sp³-hybridized carbons (Fsp3) is 0.333. The van der Waals surface area contributed by atoms with Crippen molar-refractivity contribution in [2.24, 2.45) is 0 Å². The lowest BCUT2D eigenvalue weighted by Crippen LogP contribution is -2.39. The number of rotatable bonds is 3. The quantitative estimate of drug-likeness (QED) is 0.732. The molecule has 4 rings (SSSR count). The molecule has 0 radical (unpaired) electrons. The van der Waals surface area contributed by atoms with E-state index in [4.69, 9.17) is 4.74 Å². The van der Waals surface area contributed by atoms with Crippen LogP contribution in [-0.4, -0.2) is 50.6 Å². The number of fused-ring (bicyclic) bond motifs is 1. The standard InChI is InChI=1S/C18H19N5O2/c1-25-16-7-3-2-6-14(16)17(24)22-10-4-5-13(11-22)15-8-9-19-18-20-12-21-23(15)18/h2-3,6-9,12-13H,4-5,10-11H2,1H3/t13-/m0/s1. The molecule has 0 aliphatic carbocycles. The normalized spacial score (nSPS) is 17.6. The number of likely N-dealkylation sites (tertiary alicyclic amines) is 1. The van der Waals surface area contributed by atoms with Gasteiger partial charge in [0, 0.05) is 25.2 Å². The Kier molecular flexibility index (Phi) is 4.05. The highest BCUT2D eigenvalue weighted by Gasteiger charge is 2.28. The predicted octanol–water partition coefficient (Wildman–Crippen LogP) is 2.15. The van der Waals surface area contributed by atoms with E-state index in [0.717, 1.165) is 25.1 Å². The van der Waals surface area contributed by atoms with Crippen LogP contribution in [0.4, 0.5) is 0 Å². The number of benzene rings is 1. The van der Waals surface area contributed by atoms with E-state index in [1.54, 1.807) is 17.8 Å². The largest absolute Gasteiger partial charge is 0.496 e. The summed E-state index contributed by atoms with van der Waals surface area (Å²) in [7, 11) is 1.59. The maximum Gasteiger partial charge on any atom is 0.257 e. The van der Waals surface area contributed by atoms with Gasteiger partial charge in [-0.15, -0.1) is 0 Å². The Morgan fingerprint density at radius 2 is 2.12 bits per heavy atom. The molecule has 0 bridgehead atoms. The van der Waals surface area contributed by atoms with Crippen molar-refractivity contribution in [3.8, 4) is 5.75 Å². The molecule has 0 unspecified atom stereocenters. The number of para-hydroxylation sites is 1. The first kappa shape index (κ1) is 15.6. The lowest BCUT2D eigenvalue weighted by molar-refractivity contribution is 0.0702. The molecule has 0 spiro atoms. The highest BCUT2D eigenvalue weighted by Crippen LogP contribution is 2.29. The van der Waals surface area contributed by atoms with Crippen molar-refractivity contribution < 1.29 is 9.53 Å². The summed E-state index contributed by atoms with van der Waals surface area (Å²) >= 11 is 0. The molecule has 3 aromatic rings. The molecule has 128 valence electrons. The van der Waals surface area contributed by atoms with Crippen molar-refractivity contribution in [3.05, 3.63) is 54.1 Å². The zero-order valence-electron chi connectivity index (χ0n) is 14.0. The number of methoxy groups -OCH3 is 1. The van der Waals surface area contributed by atoms with Crippen molar-refractivity contribution >= 4 is 11.7 Å². The summed E-state index contributed by atoms with van der Waals surface area (Å²) in [5, 5.41) is 4.27. The molecule has 1 amide bonds. The van der Waals surface area contributed by atoms with Gasteiger partial charge in [-0.25, -0.2) is 9.50 Å². The molecule has 1 aliphatic rings. The van der Waals surface area contributed by atoms with Gasteiger partial charge in [0.25, 0.3) is 11.7 Å². The van der Waals surface area contributed by atoms with Gasteiger partial charge >= 0.3 is 0 Å². The number of carbonyl (C=O) groups is 1. The summed E-state index contributed by atoms with van der Waals surface area (Å²) in [6.07, 6.45) is 5.21. The number of piperidine rings is 1. The molecular formula is C18H19N5O2. The third-order valence-corrected chi connectivity index (χ3v) is 4.67. The Morgan fingerprint density at radius 1 is 1.24 bits per heavy atom. The van der Waals surface area contributed by atoms with Crippen LogP contribution in [0.2, 0.25) is 0 Å². The summed E-state index contributed by atoms with van der Waals surface area (Å²) in [5.74, 6) is 1.41. The molecule has 3 heterocycles. The van der Waals surface area contributed by atoms with Gasteiger partial charge < -0.3 is 9.64 Å². The summed E-state index contributed by atoms with van der Waals surface area (Å²) < 4.78 is 7.10. The van der Waals surface area contributed by atoms with E-state index in [2.05, 4.69) is 15.1 Å². The van der Waals surface area contributed by atoms with E-state index in [1.165, 1.54) is 6.33 Å². The maximum atomic E-state index is 13.0. The Morgan fingerprint density at radius 3 is 3.00 bits per heavy atom. The van der Waals surface area contributed by atoms with Gasteiger partial charge in [0.15, 0.2) is 0 Å². The fourth-order valence-corrected chi connectivity index (χ4v) is 3.46. The van der Waals surface area contributed by atoms with Crippen LogP contribution in [-0.2, 0) is 0 Å². The molecule has 7 heteroatoms. The Labute approximate surface area is 145 Å². The van der Waals surface area contributed by atoms with E-state index in [-0.39, 0.29) is 11.8 Å². The Balaban J connectivity index is 1.61. The van der Waals surface area contributed by atoms with Crippen molar-refractivity contribution in [2.45, 2.75) is 18.8 Å². The number of ether oxygens (including phenoxy) is 1. The summed E-state index contributed by atoms with van der Waals surface area (Å²) in [5.41, 5.74) is 1.64. The molecule has 1 fully saturated rings. The van der Waals surface area contributed by atoms with Crippen LogP contribution in [0.5, 0.6) is 5.75 Å². The molecule has 0 N–H and O–H groups in total. The second-order valence-corrected chi connectivity index (χ2v) is 6.13. The molecule has 25 heavy (non-hydrogen) atoms. The predicted molar refractivity (Wildman–Crippen MR) is 91.7 cm³/mol. The van der Waals surface area contributed by atoms with Crippen LogP contribution in [0.15, 0.2) is 42.9 Å². The van der Waals surface area contributed by atoms with Gasteiger partial charge in [-0.1, -0.05) is 12.1 Å². The molecule has 1 aliphatic heterocycles. The minimum Gasteiger partial charge on any atom is -0.496 e. The Bertz CT molecular complexity index is 907. The number of carbonyl (C=O) groups excluding carboxylic acids is 1. The second kappa shape index (κ2) is 6.51. The zero-order valence-corrected chi connectivity index (χ0v) is 14.0. The van der Waals surface area contributed by atoms with Crippen molar-refractivity contribution in [1.82, 2.24) is 24.5 Å². The lowest BCUT2D eigenvalue weighted by Gasteiger charge is -2.33. The third kappa shape index (κ3) is 2.82. The summed E-state index contributed by atoms with van der Waals surface area (Å²) in [4.78, 5) is 23.2. The first-order valence-electron chi connectivity index (χ1n) is 8.35. The number of hydrogen-bond donors (Lipinski definition) is 0. The second-order valence-electron chi connectivity index (χ2n) is 6.13. The Hall–Kier alpha value is -2.96. The van der Waals surface area contributed by atoms with Gasteiger partial charge in [0.1, 0.15) is 12.1 Å². The van der Waals surface area contributed by atoms with Gasteiger partial charge in [0.05, 0.1) is 18.4 Å². The monoisotopic (exact) mass is 337 g/mol. The smallest absolute Gasteiger partial charge is 0.257 e. The summed E-state index contributed by atoms with van der Waals surface area (Å²) in [6, 6.07) is 9.32. The lowest BCUT2D eigenvalue weighted by atomic mass is 9.94. The maximum absolute atomic E-state index is 13.0. The highest BCUT2D eigenvalue weighted by molar-refractivity contribution is 5.97. The third-order valence-electron chi connectivity index (χ3n) is 4.67. The van der Waals surface area contributed by atoms with Crippen molar-refractivity contribution in [1.29, 1.82) is 0 Å². The SMILES string of the molecule is COc1ccccc1C(=O)N1CCC[C@H](c2ccnc3ncnn23)C1. The van der Waals surface area contributed by atoms with Crippen LogP contribution >= 0.6 is 0 Å². The van der Waals surface area contributed by atoms with E-state index >= 15 is 0 Å². The van der Waals surface area contributed by atoms with Crippen molar-refractivity contribution in [3.63, 3.8) is 0 Å². The van der Waals surface area contributed by atoms with Crippen LogP contribution in [0, 0.1) is 0 Å². The number of aromatic nitrogens is 4. The van der Waals surface area contributed by atoms with E-state index in [0.29, 0.717) is 23.6 Å². The number of hydrogen-bond acceptors (Lipinski definition) is 5. The average Bonchev–Trinajstić information content (AvgIpc) is 3.16. The minimum absolute atomic E-state index is 0.00559. The molecule has 1 saturated heterocycles. The topological polar surface area (TPSA) is 72.6 Å². The number of amides is 1. The van der Waals surface area contributed by atoms with Gasteiger partial charge in [-0.2, -0.15) is 10.1 Å². The molecule has 1 atom stereocenters. The number of nitrogens with zero attached hydrogens (tertiary/aromatic N) is 5. The first-order chi connectivity index (χ1) is 12.3. The van der Waals surface area contributed by atoms with Crippen LogP contribution in [0.3, 0.4) is 0 Å². The van der Waals surface area contributed by atoms with E-state index in [1.807, 2.05) is 35.2 Å². The van der Waals surface area contributed by atoms with Crippen LogP contribution < -0.4 is 4.74 Å². The molecule has 1 aromatic carbocycles. The average molecular weight is 337 g/mol. The van der Waals surface area contributed by atoms with Gasteiger partial charge in [-0.05, 0) is 31.0 Å². The van der Waals surface area contributed by atoms with E-state index in [9.17, 15) is 4.79 Å². The van der Waals surface area contributed by atoms with Crippen LogP contribution in [0.25, 0.3) is 5.78 Å². The molecular weight excluding hydrogens is 318 g/mol. The van der Waals surface area contributed by atoms with Crippen LogP contribution in [0.1, 0.15) is 34.8 Å². The molecule has 7 nitrogen and oxygen atoms in total. The fourth-order valence-electron chi connectivity index (χ4n) is 3.46. The molecule has 0 saturated carbocycles. The first-order valence-corrected chi connectivity index (χ1v) is 8.35. The van der Waals surface area contributed by atoms with Gasteiger partial charge in [0.2, 0.25) is 0 Å². The van der Waals surface area contributed by atoms with Gasteiger partial charge in [-0.3, -0.25) is 4.79 Å². The zero-order chi connectivity index (χ0) is 17.2.